The highest BCUT2D eigenvalue weighted by molar-refractivity contribution is 5.80. The summed E-state index contributed by atoms with van der Waals surface area (Å²) >= 11 is 0. The average molecular weight is 330 g/mol. The van der Waals surface area contributed by atoms with Crippen molar-refractivity contribution in [2.24, 2.45) is 0 Å². The van der Waals surface area contributed by atoms with Crippen LogP contribution in [0.2, 0.25) is 0 Å². The smallest absolute Gasteiger partial charge is 0.407 e. The Hall–Kier alpha value is -2.04. The predicted octanol–water partition coefficient (Wildman–Crippen LogP) is 2.89. The van der Waals surface area contributed by atoms with Crippen LogP contribution in [0.3, 0.4) is 0 Å². The van der Waals surface area contributed by atoms with E-state index in [9.17, 15) is 9.59 Å². The zero-order chi connectivity index (χ0) is 17.4. The molecule has 1 aromatic rings. The molecule has 2 aliphatic rings. The number of hydrogen-bond donors (Lipinski definition) is 1. The molecular weight excluding hydrogens is 304 g/mol. The van der Waals surface area contributed by atoms with E-state index in [0.29, 0.717) is 6.42 Å². The van der Waals surface area contributed by atoms with Crippen molar-refractivity contribution in [2.45, 2.75) is 63.6 Å². The number of ether oxygens (including phenoxy) is 1. The van der Waals surface area contributed by atoms with Gasteiger partial charge in [0.15, 0.2) is 0 Å². The Morgan fingerprint density at radius 1 is 1.33 bits per heavy atom. The van der Waals surface area contributed by atoms with E-state index in [1.807, 2.05) is 43.9 Å². The van der Waals surface area contributed by atoms with Crippen molar-refractivity contribution in [1.29, 1.82) is 0 Å². The SMILES string of the molecule is CC(C)(C)OC(=O)NC1CC1(Cc1ccccc1)N1CCCC1=O. The number of alkyl carbamates (subject to hydrolysis) is 1. The van der Waals surface area contributed by atoms with Crippen LogP contribution in [0.15, 0.2) is 30.3 Å². The fourth-order valence-electron chi connectivity index (χ4n) is 3.59. The molecule has 1 N–H and O–H groups in total. The molecule has 1 heterocycles. The molecule has 0 spiro atoms. The predicted molar refractivity (Wildman–Crippen MR) is 91.6 cm³/mol. The monoisotopic (exact) mass is 330 g/mol. The lowest BCUT2D eigenvalue weighted by atomic mass is 10.0. The number of nitrogens with zero attached hydrogens (tertiary/aromatic N) is 1. The zero-order valence-electron chi connectivity index (χ0n) is 14.7. The van der Waals surface area contributed by atoms with Gasteiger partial charge in [-0.3, -0.25) is 4.79 Å². The van der Waals surface area contributed by atoms with Gasteiger partial charge in [-0.1, -0.05) is 30.3 Å². The van der Waals surface area contributed by atoms with Crippen LogP contribution in [-0.2, 0) is 16.0 Å². The van der Waals surface area contributed by atoms with Gasteiger partial charge in [-0.2, -0.15) is 0 Å². The van der Waals surface area contributed by atoms with E-state index in [4.69, 9.17) is 4.74 Å². The highest BCUT2D eigenvalue weighted by Gasteiger charge is 2.61. The minimum absolute atomic E-state index is 0.0467. The molecule has 5 nitrogen and oxygen atoms in total. The summed E-state index contributed by atoms with van der Waals surface area (Å²) in [6, 6.07) is 10.1. The molecule has 1 saturated carbocycles. The molecule has 0 aromatic heterocycles. The normalized spacial score (nSPS) is 26.4. The summed E-state index contributed by atoms with van der Waals surface area (Å²) in [4.78, 5) is 26.4. The second kappa shape index (κ2) is 6.11. The van der Waals surface area contributed by atoms with E-state index >= 15 is 0 Å². The standard InChI is InChI=1S/C19H26N2O3/c1-18(2,3)24-17(23)20-15-13-19(15,21-11-7-10-16(21)22)12-14-8-5-4-6-9-14/h4-6,8-9,15H,7,10-13H2,1-3H3,(H,20,23). The van der Waals surface area contributed by atoms with E-state index in [0.717, 1.165) is 25.8 Å². The highest BCUT2D eigenvalue weighted by atomic mass is 16.6. The Morgan fingerprint density at radius 3 is 2.62 bits per heavy atom. The molecule has 24 heavy (non-hydrogen) atoms. The summed E-state index contributed by atoms with van der Waals surface area (Å²) in [6.07, 6.45) is 2.64. The number of rotatable bonds is 4. The van der Waals surface area contributed by atoms with Crippen LogP contribution in [0.4, 0.5) is 4.79 Å². The van der Waals surface area contributed by atoms with Crippen LogP contribution in [0, 0.1) is 0 Å². The molecule has 1 aliphatic heterocycles. The molecule has 5 heteroatoms. The second-order valence-corrected chi connectivity index (χ2v) is 7.82. The number of hydrogen-bond acceptors (Lipinski definition) is 3. The van der Waals surface area contributed by atoms with Crippen LogP contribution in [-0.4, -0.2) is 40.6 Å². The first-order valence-corrected chi connectivity index (χ1v) is 8.64. The van der Waals surface area contributed by atoms with Crippen molar-refractivity contribution in [3.05, 3.63) is 35.9 Å². The lowest BCUT2D eigenvalue weighted by molar-refractivity contribution is -0.130. The second-order valence-electron chi connectivity index (χ2n) is 7.82. The van der Waals surface area contributed by atoms with Gasteiger partial charge in [-0.05, 0) is 45.6 Å². The first-order chi connectivity index (χ1) is 11.3. The molecular formula is C19H26N2O3. The molecule has 130 valence electrons. The van der Waals surface area contributed by atoms with Crippen LogP contribution in [0.25, 0.3) is 0 Å². The lowest BCUT2D eigenvalue weighted by Crippen LogP contribution is -2.47. The maximum atomic E-state index is 12.3. The van der Waals surface area contributed by atoms with E-state index in [1.165, 1.54) is 5.56 Å². The minimum atomic E-state index is -0.523. The summed E-state index contributed by atoms with van der Waals surface area (Å²) in [5.74, 6) is 0.194. The van der Waals surface area contributed by atoms with Crippen molar-refractivity contribution in [3.63, 3.8) is 0 Å². The lowest BCUT2D eigenvalue weighted by Gasteiger charge is -2.30. The van der Waals surface area contributed by atoms with E-state index in [-0.39, 0.29) is 17.5 Å². The van der Waals surface area contributed by atoms with Crippen LogP contribution in [0.1, 0.15) is 45.6 Å². The number of carbonyl (C=O) groups excluding carboxylic acids is 2. The number of benzene rings is 1. The molecule has 1 saturated heterocycles. The van der Waals surface area contributed by atoms with Crippen molar-refractivity contribution in [2.75, 3.05) is 6.54 Å². The first kappa shape index (κ1) is 16.8. The number of carbonyl (C=O) groups is 2. The summed E-state index contributed by atoms with van der Waals surface area (Å²) in [7, 11) is 0. The number of nitrogens with one attached hydrogen (secondary N) is 1. The minimum Gasteiger partial charge on any atom is -0.444 e. The summed E-state index contributed by atoms with van der Waals surface area (Å²) in [5.41, 5.74) is 0.363. The number of likely N-dealkylation sites (tertiary alicyclic amines) is 1. The van der Waals surface area contributed by atoms with Crippen molar-refractivity contribution in [1.82, 2.24) is 10.2 Å². The van der Waals surface area contributed by atoms with Gasteiger partial charge >= 0.3 is 6.09 Å². The van der Waals surface area contributed by atoms with Crippen molar-refractivity contribution in [3.8, 4) is 0 Å². The third-order valence-corrected chi connectivity index (χ3v) is 4.70. The maximum absolute atomic E-state index is 12.3. The summed E-state index contributed by atoms with van der Waals surface area (Å²) < 4.78 is 5.37. The largest absolute Gasteiger partial charge is 0.444 e. The molecule has 1 aliphatic carbocycles. The summed E-state index contributed by atoms with van der Waals surface area (Å²) in [6.45, 7) is 6.32. The Kier molecular flexibility index (Phi) is 4.28. The molecule has 2 unspecified atom stereocenters. The zero-order valence-corrected chi connectivity index (χ0v) is 14.7. The van der Waals surface area contributed by atoms with Crippen LogP contribution < -0.4 is 5.32 Å². The van der Waals surface area contributed by atoms with Crippen LogP contribution >= 0.6 is 0 Å². The molecule has 0 radical (unpaired) electrons. The van der Waals surface area contributed by atoms with Gasteiger partial charge in [0.2, 0.25) is 5.91 Å². The van der Waals surface area contributed by atoms with Gasteiger partial charge in [0.05, 0.1) is 11.6 Å². The highest BCUT2D eigenvalue weighted by Crippen LogP contribution is 2.47. The quantitative estimate of drug-likeness (QED) is 0.923. The van der Waals surface area contributed by atoms with Crippen LogP contribution in [0.5, 0.6) is 0 Å². The Morgan fingerprint density at radius 2 is 2.04 bits per heavy atom. The fraction of sp³-hybridized carbons (Fsp3) is 0.579. The third kappa shape index (κ3) is 3.55. The van der Waals surface area contributed by atoms with Gasteiger partial charge in [0, 0.05) is 13.0 Å². The molecule has 0 bridgehead atoms. The van der Waals surface area contributed by atoms with Gasteiger partial charge < -0.3 is 15.0 Å². The molecule has 3 rings (SSSR count). The van der Waals surface area contributed by atoms with E-state index < -0.39 is 11.7 Å². The van der Waals surface area contributed by atoms with Gasteiger partial charge in [0.1, 0.15) is 5.60 Å². The average Bonchev–Trinajstić information content (AvgIpc) is 2.95. The van der Waals surface area contributed by atoms with E-state index in [2.05, 4.69) is 17.4 Å². The first-order valence-electron chi connectivity index (χ1n) is 8.64. The molecule has 2 fully saturated rings. The van der Waals surface area contributed by atoms with E-state index in [1.54, 1.807) is 0 Å². The van der Waals surface area contributed by atoms with Gasteiger partial charge in [-0.15, -0.1) is 0 Å². The molecule has 2 atom stereocenters. The Labute approximate surface area is 143 Å². The Balaban J connectivity index is 1.73. The molecule has 1 aromatic carbocycles. The summed E-state index contributed by atoms with van der Waals surface area (Å²) in [5, 5.41) is 2.96. The third-order valence-electron chi connectivity index (χ3n) is 4.70. The Bertz CT molecular complexity index is 623. The van der Waals surface area contributed by atoms with Crippen molar-refractivity contribution >= 4 is 12.0 Å². The van der Waals surface area contributed by atoms with Crippen molar-refractivity contribution < 1.29 is 14.3 Å². The molecule has 2 amide bonds. The maximum Gasteiger partial charge on any atom is 0.407 e. The fourth-order valence-corrected chi connectivity index (χ4v) is 3.59. The van der Waals surface area contributed by atoms with Gasteiger partial charge in [0.25, 0.3) is 0 Å². The van der Waals surface area contributed by atoms with Gasteiger partial charge in [-0.25, -0.2) is 4.79 Å². The topological polar surface area (TPSA) is 58.6 Å². The number of amides is 2.